The van der Waals surface area contributed by atoms with Crippen LogP contribution in [0, 0.1) is 11.8 Å². The van der Waals surface area contributed by atoms with Crippen LogP contribution in [0.1, 0.15) is 39.2 Å². The zero-order chi connectivity index (χ0) is 13.1. The lowest BCUT2D eigenvalue weighted by atomic mass is 9.79. The van der Waals surface area contributed by atoms with Crippen molar-refractivity contribution in [3.8, 4) is 0 Å². The van der Waals surface area contributed by atoms with E-state index in [2.05, 4.69) is 26.0 Å². The van der Waals surface area contributed by atoms with Gasteiger partial charge in [-0.1, -0.05) is 51.1 Å². The SMILES string of the molecule is CCC1N=C(c2ccccc2)C(C(C)C)CC1=O. The first-order valence-corrected chi connectivity index (χ1v) is 6.79. The van der Waals surface area contributed by atoms with Crippen molar-refractivity contribution in [2.45, 2.75) is 39.7 Å². The Morgan fingerprint density at radius 2 is 1.94 bits per heavy atom. The van der Waals surface area contributed by atoms with Crippen molar-refractivity contribution in [2.24, 2.45) is 16.8 Å². The second kappa shape index (κ2) is 5.47. The smallest absolute Gasteiger partial charge is 0.157 e. The standard InChI is InChI=1S/C16H21NO/c1-4-14-15(18)10-13(11(2)3)16(17-14)12-8-6-5-7-9-12/h5-9,11,13-14H,4,10H2,1-3H3. The average molecular weight is 243 g/mol. The molecule has 0 aromatic heterocycles. The lowest BCUT2D eigenvalue weighted by Crippen LogP contribution is -2.35. The van der Waals surface area contributed by atoms with Crippen molar-refractivity contribution in [3.63, 3.8) is 0 Å². The molecule has 1 aliphatic rings. The van der Waals surface area contributed by atoms with Gasteiger partial charge in [-0.2, -0.15) is 0 Å². The molecule has 2 rings (SSSR count). The molecular formula is C16H21NO. The largest absolute Gasteiger partial charge is 0.297 e. The molecule has 96 valence electrons. The molecule has 1 aromatic rings. The number of aliphatic imine (C=N–C) groups is 1. The minimum Gasteiger partial charge on any atom is -0.297 e. The van der Waals surface area contributed by atoms with E-state index in [1.807, 2.05) is 25.1 Å². The Kier molecular flexibility index (Phi) is 3.95. The number of hydrogen-bond acceptors (Lipinski definition) is 2. The number of carbonyl (C=O) groups excluding carboxylic acids is 1. The normalized spacial score (nSPS) is 24.2. The first-order valence-electron chi connectivity index (χ1n) is 6.79. The van der Waals surface area contributed by atoms with E-state index >= 15 is 0 Å². The van der Waals surface area contributed by atoms with Crippen molar-refractivity contribution in [2.75, 3.05) is 0 Å². The molecule has 0 N–H and O–H groups in total. The summed E-state index contributed by atoms with van der Waals surface area (Å²) in [6, 6.07) is 10.1. The van der Waals surface area contributed by atoms with Gasteiger partial charge in [0.25, 0.3) is 0 Å². The van der Waals surface area contributed by atoms with Gasteiger partial charge in [0, 0.05) is 18.1 Å². The van der Waals surface area contributed by atoms with Gasteiger partial charge in [-0.15, -0.1) is 0 Å². The van der Waals surface area contributed by atoms with Crippen molar-refractivity contribution in [1.29, 1.82) is 0 Å². The van der Waals surface area contributed by atoms with Crippen LogP contribution in [-0.2, 0) is 4.79 Å². The molecule has 2 heteroatoms. The highest BCUT2D eigenvalue weighted by Gasteiger charge is 2.32. The van der Waals surface area contributed by atoms with Gasteiger partial charge in [-0.25, -0.2) is 0 Å². The molecule has 2 nitrogen and oxygen atoms in total. The fourth-order valence-electron chi connectivity index (χ4n) is 2.55. The molecule has 0 saturated carbocycles. The van der Waals surface area contributed by atoms with Crippen LogP contribution in [0.4, 0.5) is 0 Å². The van der Waals surface area contributed by atoms with E-state index < -0.39 is 0 Å². The summed E-state index contributed by atoms with van der Waals surface area (Å²) in [4.78, 5) is 16.7. The van der Waals surface area contributed by atoms with E-state index in [0.717, 1.165) is 12.1 Å². The van der Waals surface area contributed by atoms with Gasteiger partial charge >= 0.3 is 0 Å². The topological polar surface area (TPSA) is 29.4 Å². The number of rotatable bonds is 3. The van der Waals surface area contributed by atoms with Crippen LogP contribution in [0.2, 0.25) is 0 Å². The maximum Gasteiger partial charge on any atom is 0.157 e. The number of Topliss-reactive ketones (excluding diaryl/α,β-unsaturated/α-hetero) is 1. The van der Waals surface area contributed by atoms with Gasteiger partial charge in [-0.3, -0.25) is 9.79 Å². The number of benzene rings is 1. The monoisotopic (exact) mass is 243 g/mol. The van der Waals surface area contributed by atoms with Crippen LogP contribution < -0.4 is 0 Å². The maximum atomic E-state index is 12.0. The molecule has 1 heterocycles. The molecule has 0 amide bonds. The number of ketones is 1. The van der Waals surface area contributed by atoms with Gasteiger partial charge in [0.1, 0.15) is 6.04 Å². The lowest BCUT2D eigenvalue weighted by Gasteiger charge is -2.29. The summed E-state index contributed by atoms with van der Waals surface area (Å²) < 4.78 is 0. The first kappa shape index (κ1) is 13.0. The molecule has 0 saturated heterocycles. The third-order valence-corrected chi connectivity index (χ3v) is 3.70. The van der Waals surface area contributed by atoms with Crippen LogP contribution in [0.5, 0.6) is 0 Å². The average Bonchev–Trinajstić information content (AvgIpc) is 2.39. The third-order valence-electron chi connectivity index (χ3n) is 3.70. The Labute approximate surface area is 109 Å². The Morgan fingerprint density at radius 1 is 1.28 bits per heavy atom. The van der Waals surface area contributed by atoms with Gasteiger partial charge in [0.2, 0.25) is 0 Å². The number of hydrogen-bond donors (Lipinski definition) is 0. The Hall–Kier alpha value is -1.44. The molecule has 0 fully saturated rings. The molecule has 0 bridgehead atoms. The van der Waals surface area contributed by atoms with E-state index in [9.17, 15) is 4.79 Å². The van der Waals surface area contributed by atoms with Gasteiger partial charge in [-0.05, 0) is 17.9 Å². The van der Waals surface area contributed by atoms with E-state index in [0.29, 0.717) is 18.1 Å². The zero-order valence-electron chi connectivity index (χ0n) is 11.4. The second-order valence-corrected chi connectivity index (χ2v) is 5.33. The van der Waals surface area contributed by atoms with E-state index in [-0.39, 0.29) is 12.0 Å². The van der Waals surface area contributed by atoms with E-state index in [1.54, 1.807) is 0 Å². The maximum absolute atomic E-state index is 12.0. The predicted octanol–water partition coefficient (Wildman–Crippen LogP) is 3.50. The Morgan fingerprint density at radius 3 is 2.50 bits per heavy atom. The van der Waals surface area contributed by atoms with Crippen LogP contribution in [-0.4, -0.2) is 17.5 Å². The molecule has 2 unspecified atom stereocenters. The number of carbonyl (C=O) groups is 1. The van der Waals surface area contributed by atoms with Crippen LogP contribution in [0.15, 0.2) is 35.3 Å². The highest BCUT2D eigenvalue weighted by atomic mass is 16.1. The summed E-state index contributed by atoms with van der Waals surface area (Å²) in [6.07, 6.45) is 1.45. The molecule has 0 aliphatic carbocycles. The fourth-order valence-corrected chi connectivity index (χ4v) is 2.55. The summed E-state index contributed by atoms with van der Waals surface area (Å²) in [5.41, 5.74) is 2.29. The van der Waals surface area contributed by atoms with E-state index in [1.165, 1.54) is 5.56 Å². The highest BCUT2D eigenvalue weighted by Crippen LogP contribution is 2.28. The van der Waals surface area contributed by atoms with E-state index in [4.69, 9.17) is 4.99 Å². The van der Waals surface area contributed by atoms with Gasteiger partial charge < -0.3 is 0 Å². The van der Waals surface area contributed by atoms with Gasteiger partial charge in [0.15, 0.2) is 5.78 Å². The zero-order valence-corrected chi connectivity index (χ0v) is 11.4. The molecule has 0 spiro atoms. The highest BCUT2D eigenvalue weighted by molar-refractivity contribution is 6.08. The van der Waals surface area contributed by atoms with Crippen molar-refractivity contribution in [3.05, 3.63) is 35.9 Å². The summed E-state index contributed by atoms with van der Waals surface area (Å²) in [6.45, 7) is 6.37. The molecule has 1 aliphatic heterocycles. The molecular weight excluding hydrogens is 222 g/mol. The summed E-state index contributed by atoms with van der Waals surface area (Å²) in [5.74, 6) is 1.02. The van der Waals surface area contributed by atoms with Crippen molar-refractivity contribution < 1.29 is 4.79 Å². The Balaban J connectivity index is 2.41. The quantitative estimate of drug-likeness (QED) is 0.799. The van der Waals surface area contributed by atoms with Crippen molar-refractivity contribution >= 4 is 11.5 Å². The molecule has 18 heavy (non-hydrogen) atoms. The Bertz CT molecular complexity index is 447. The van der Waals surface area contributed by atoms with Crippen LogP contribution in [0.25, 0.3) is 0 Å². The molecule has 1 aromatic carbocycles. The lowest BCUT2D eigenvalue weighted by molar-refractivity contribution is -0.121. The molecule has 2 atom stereocenters. The minimum absolute atomic E-state index is 0.129. The molecule has 0 radical (unpaired) electrons. The third kappa shape index (κ3) is 2.53. The number of nitrogens with zero attached hydrogens (tertiary/aromatic N) is 1. The minimum atomic E-state index is -0.129. The van der Waals surface area contributed by atoms with Crippen LogP contribution in [0.3, 0.4) is 0 Å². The summed E-state index contributed by atoms with van der Waals surface area (Å²) in [7, 11) is 0. The van der Waals surface area contributed by atoms with Crippen LogP contribution >= 0.6 is 0 Å². The summed E-state index contributed by atoms with van der Waals surface area (Å²) >= 11 is 0. The van der Waals surface area contributed by atoms with Gasteiger partial charge in [0.05, 0.1) is 0 Å². The predicted molar refractivity (Wildman–Crippen MR) is 75.0 cm³/mol. The van der Waals surface area contributed by atoms with Crippen molar-refractivity contribution in [1.82, 2.24) is 0 Å². The second-order valence-electron chi connectivity index (χ2n) is 5.33. The first-order chi connectivity index (χ1) is 8.63. The summed E-state index contributed by atoms with van der Waals surface area (Å²) in [5, 5.41) is 0. The fraction of sp³-hybridized carbons (Fsp3) is 0.500.